The first-order valence-corrected chi connectivity index (χ1v) is 9.31. The fourth-order valence-corrected chi connectivity index (χ4v) is 4.41. The summed E-state index contributed by atoms with van der Waals surface area (Å²) < 4.78 is 26.9. The van der Waals surface area contributed by atoms with Gasteiger partial charge in [-0.2, -0.15) is 4.31 Å². The third-order valence-electron chi connectivity index (χ3n) is 4.18. The Balaban J connectivity index is 1.60. The average molecular weight is 327 g/mol. The molecule has 0 aromatic carbocycles. The van der Waals surface area contributed by atoms with Gasteiger partial charge in [0.15, 0.2) is 5.69 Å². The molecule has 2 aliphatic rings. The van der Waals surface area contributed by atoms with Crippen LogP contribution in [0.2, 0.25) is 0 Å². The highest BCUT2D eigenvalue weighted by molar-refractivity contribution is 7.89. The van der Waals surface area contributed by atoms with E-state index in [0.29, 0.717) is 25.2 Å². The van der Waals surface area contributed by atoms with Crippen LogP contribution in [0.3, 0.4) is 0 Å². The predicted octanol–water partition coefficient (Wildman–Crippen LogP) is 0.111. The van der Waals surface area contributed by atoms with Gasteiger partial charge in [0.25, 0.3) is 5.91 Å². The quantitative estimate of drug-likeness (QED) is 0.766. The van der Waals surface area contributed by atoms with Gasteiger partial charge in [0, 0.05) is 26.2 Å². The van der Waals surface area contributed by atoms with Crippen molar-refractivity contribution < 1.29 is 13.2 Å². The highest BCUT2D eigenvalue weighted by Gasteiger charge is 2.37. The lowest BCUT2D eigenvalue weighted by molar-refractivity contribution is 0.0786. The lowest BCUT2D eigenvalue weighted by atomic mass is 10.2. The number of amides is 1. The fourth-order valence-electron chi connectivity index (χ4n) is 2.83. The third kappa shape index (κ3) is 2.87. The van der Waals surface area contributed by atoms with E-state index in [0.717, 1.165) is 25.9 Å². The monoisotopic (exact) mass is 327 g/mol. The summed E-state index contributed by atoms with van der Waals surface area (Å²) in [5.41, 5.74) is 0.344. The Hall–Kier alpha value is -1.48. The lowest BCUT2D eigenvalue weighted by Gasteiger charge is -2.37. The molecule has 0 saturated carbocycles. The molecular formula is C13H21N5O3S. The molecular weight excluding hydrogens is 306 g/mol. The maximum absolute atomic E-state index is 12.2. The van der Waals surface area contributed by atoms with Gasteiger partial charge >= 0.3 is 0 Å². The van der Waals surface area contributed by atoms with Crippen LogP contribution in [0.25, 0.3) is 0 Å². The van der Waals surface area contributed by atoms with E-state index < -0.39 is 10.0 Å². The van der Waals surface area contributed by atoms with Gasteiger partial charge in [-0.05, 0) is 19.3 Å². The molecule has 3 heterocycles. The van der Waals surface area contributed by atoms with Crippen molar-refractivity contribution >= 4 is 15.9 Å². The molecule has 1 amide bonds. The maximum Gasteiger partial charge on any atom is 0.276 e. The normalized spacial score (nSPS) is 20.3. The molecule has 0 spiro atoms. The van der Waals surface area contributed by atoms with Crippen molar-refractivity contribution in [2.75, 3.05) is 31.9 Å². The first-order chi connectivity index (χ1) is 10.5. The standard InChI is InChI=1S/C13H21N5O3S/c1-2-7-22(20,21)17-8-11(9-17)18-10-12(14-15-18)13(19)16-5-3-4-6-16/h10-11H,2-9H2,1H3. The largest absolute Gasteiger partial charge is 0.337 e. The summed E-state index contributed by atoms with van der Waals surface area (Å²) in [4.78, 5) is 14.0. The van der Waals surface area contributed by atoms with Crippen molar-refractivity contribution in [3.05, 3.63) is 11.9 Å². The number of hydrogen-bond acceptors (Lipinski definition) is 5. The van der Waals surface area contributed by atoms with Gasteiger partial charge in [0.05, 0.1) is 18.0 Å². The van der Waals surface area contributed by atoms with E-state index in [9.17, 15) is 13.2 Å². The highest BCUT2D eigenvalue weighted by Crippen LogP contribution is 2.24. The Labute approximate surface area is 130 Å². The van der Waals surface area contributed by atoms with Crippen LogP contribution >= 0.6 is 0 Å². The van der Waals surface area contributed by atoms with Crippen molar-refractivity contribution in [3.63, 3.8) is 0 Å². The van der Waals surface area contributed by atoms with Crippen LogP contribution in [-0.4, -0.2) is 70.5 Å². The van der Waals surface area contributed by atoms with Crippen LogP contribution in [-0.2, 0) is 10.0 Å². The van der Waals surface area contributed by atoms with Crippen LogP contribution in [0.1, 0.15) is 42.7 Å². The molecule has 0 radical (unpaired) electrons. The third-order valence-corrected chi connectivity index (χ3v) is 6.19. The van der Waals surface area contributed by atoms with Gasteiger partial charge in [-0.1, -0.05) is 12.1 Å². The predicted molar refractivity (Wildman–Crippen MR) is 79.8 cm³/mol. The maximum atomic E-state index is 12.2. The second-order valence-corrected chi connectivity index (χ2v) is 7.96. The zero-order chi connectivity index (χ0) is 15.7. The summed E-state index contributed by atoms with van der Waals surface area (Å²) in [5, 5.41) is 7.93. The van der Waals surface area contributed by atoms with Crippen molar-refractivity contribution in [1.82, 2.24) is 24.2 Å². The molecule has 2 fully saturated rings. The number of rotatable bonds is 5. The zero-order valence-corrected chi connectivity index (χ0v) is 13.5. The van der Waals surface area contributed by atoms with Gasteiger partial charge in [-0.15, -0.1) is 5.10 Å². The summed E-state index contributed by atoms with van der Waals surface area (Å²) >= 11 is 0. The van der Waals surface area contributed by atoms with Crippen LogP contribution < -0.4 is 0 Å². The minimum atomic E-state index is -3.14. The molecule has 22 heavy (non-hydrogen) atoms. The van der Waals surface area contributed by atoms with Gasteiger partial charge in [0.2, 0.25) is 10.0 Å². The van der Waals surface area contributed by atoms with E-state index in [1.807, 2.05) is 6.92 Å². The zero-order valence-electron chi connectivity index (χ0n) is 12.7. The molecule has 122 valence electrons. The van der Waals surface area contributed by atoms with Gasteiger partial charge in [0.1, 0.15) is 0 Å². The number of carbonyl (C=O) groups is 1. The minimum Gasteiger partial charge on any atom is -0.337 e. The SMILES string of the molecule is CCCS(=O)(=O)N1CC(n2cc(C(=O)N3CCCC3)nn2)C1. The van der Waals surface area contributed by atoms with E-state index in [2.05, 4.69) is 10.3 Å². The molecule has 0 unspecified atom stereocenters. The van der Waals surface area contributed by atoms with E-state index in [-0.39, 0.29) is 17.7 Å². The molecule has 1 aromatic rings. The molecule has 3 rings (SSSR count). The van der Waals surface area contributed by atoms with E-state index >= 15 is 0 Å². The average Bonchev–Trinajstić information content (AvgIpc) is 3.07. The fraction of sp³-hybridized carbons (Fsp3) is 0.769. The smallest absolute Gasteiger partial charge is 0.276 e. The Kier molecular flexibility index (Phi) is 4.18. The molecule has 9 heteroatoms. The number of sulfonamides is 1. The molecule has 0 atom stereocenters. The van der Waals surface area contributed by atoms with Crippen LogP contribution in [0.4, 0.5) is 0 Å². The molecule has 0 aliphatic carbocycles. The van der Waals surface area contributed by atoms with E-state index in [1.165, 1.54) is 4.31 Å². The summed E-state index contributed by atoms with van der Waals surface area (Å²) in [6, 6.07) is -0.0285. The highest BCUT2D eigenvalue weighted by atomic mass is 32.2. The Morgan fingerprint density at radius 2 is 2.00 bits per heavy atom. The molecule has 2 aliphatic heterocycles. The van der Waals surface area contributed by atoms with Gasteiger partial charge in [-0.25, -0.2) is 13.1 Å². The summed E-state index contributed by atoms with van der Waals surface area (Å²) in [6.45, 7) is 4.21. The van der Waals surface area contributed by atoms with Crippen LogP contribution in [0.5, 0.6) is 0 Å². The molecule has 2 saturated heterocycles. The van der Waals surface area contributed by atoms with E-state index in [4.69, 9.17) is 0 Å². The second kappa shape index (κ2) is 5.96. The number of nitrogens with zero attached hydrogens (tertiary/aromatic N) is 5. The minimum absolute atomic E-state index is 0.0285. The molecule has 1 aromatic heterocycles. The summed E-state index contributed by atoms with van der Waals surface area (Å²) in [6.07, 6.45) is 4.32. The summed E-state index contributed by atoms with van der Waals surface area (Å²) in [5.74, 6) is 0.0917. The molecule has 0 bridgehead atoms. The van der Waals surface area contributed by atoms with Crippen molar-refractivity contribution in [2.24, 2.45) is 0 Å². The molecule has 8 nitrogen and oxygen atoms in total. The van der Waals surface area contributed by atoms with E-state index in [1.54, 1.807) is 15.8 Å². The molecule has 0 N–H and O–H groups in total. The van der Waals surface area contributed by atoms with Gasteiger partial charge < -0.3 is 4.90 Å². The Morgan fingerprint density at radius 1 is 1.32 bits per heavy atom. The second-order valence-electron chi connectivity index (χ2n) is 5.87. The Morgan fingerprint density at radius 3 is 2.64 bits per heavy atom. The number of likely N-dealkylation sites (tertiary alicyclic amines) is 1. The van der Waals surface area contributed by atoms with Crippen molar-refractivity contribution in [2.45, 2.75) is 32.2 Å². The van der Waals surface area contributed by atoms with Gasteiger partial charge in [-0.3, -0.25) is 4.79 Å². The Bertz CT molecular complexity index is 644. The summed E-state index contributed by atoms with van der Waals surface area (Å²) in [7, 11) is -3.14. The number of carbonyl (C=O) groups excluding carboxylic acids is 1. The van der Waals surface area contributed by atoms with Crippen molar-refractivity contribution in [3.8, 4) is 0 Å². The first kappa shape index (κ1) is 15.4. The number of aromatic nitrogens is 3. The number of hydrogen-bond donors (Lipinski definition) is 0. The first-order valence-electron chi connectivity index (χ1n) is 7.70. The topological polar surface area (TPSA) is 88.4 Å². The van der Waals surface area contributed by atoms with Crippen LogP contribution in [0, 0.1) is 0 Å². The lowest BCUT2D eigenvalue weighted by Crippen LogP contribution is -2.51. The van der Waals surface area contributed by atoms with Crippen molar-refractivity contribution in [1.29, 1.82) is 0 Å². The van der Waals surface area contributed by atoms with Crippen LogP contribution in [0.15, 0.2) is 6.20 Å².